The summed E-state index contributed by atoms with van der Waals surface area (Å²) in [6, 6.07) is 0. The van der Waals surface area contributed by atoms with Gasteiger partial charge in [-0.15, -0.1) is 0 Å². The van der Waals surface area contributed by atoms with Crippen molar-refractivity contribution in [2.75, 3.05) is 39.6 Å². The lowest BCUT2D eigenvalue weighted by atomic mass is 10.00. The van der Waals surface area contributed by atoms with Gasteiger partial charge in [0.05, 0.1) is 26.4 Å². The number of aliphatic hydroxyl groups excluding tert-OH is 1. The Kier molecular flexibility index (Phi) is 62.7. The van der Waals surface area contributed by atoms with Gasteiger partial charge >= 0.3 is 39.5 Å². The van der Waals surface area contributed by atoms with Crippen molar-refractivity contribution >= 4 is 39.5 Å². The van der Waals surface area contributed by atoms with Gasteiger partial charge in [0.2, 0.25) is 0 Å². The lowest BCUT2D eigenvalue weighted by Crippen LogP contribution is -2.30. The summed E-state index contributed by atoms with van der Waals surface area (Å²) in [7, 11) is -9.90. The molecule has 0 saturated carbocycles. The van der Waals surface area contributed by atoms with Crippen LogP contribution in [0, 0.1) is 11.8 Å². The Bertz CT molecular complexity index is 1770. The van der Waals surface area contributed by atoms with Gasteiger partial charge in [0.25, 0.3) is 0 Å². The molecule has 19 heteroatoms. The van der Waals surface area contributed by atoms with Gasteiger partial charge in [-0.1, -0.05) is 318 Å². The van der Waals surface area contributed by atoms with E-state index in [9.17, 15) is 43.2 Å². The van der Waals surface area contributed by atoms with Gasteiger partial charge in [0.15, 0.2) is 12.2 Å². The van der Waals surface area contributed by atoms with Crippen molar-refractivity contribution in [2.24, 2.45) is 11.8 Å². The lowest BCUT2D eigenvalue weighted by molar-refractivity contribution is -0.161. The van der Waals surface area contributed by atoms with Gasteiger partial charge in [-0.2, -0.15) is 0 Å². The minimum atomic E-state index is -4.95. The summed E-state index contributed by atoms with van der Waals surface area (Å²) in [5.41, 5.74) is 0. The summed E-state index contributed by atoms with van der Waals surface area (Å²) in [5, 5.41) is 10.6. The van der Waals surface area contributed by atoms with E-state index in [2.05, 4.69) is 41.5 Å². The van der Waals surface area contributed by atoms with Crippen LogP contribution in [0.5, 0.6) is 0 Å². The predicted octanol–water partition coefficient (Wildman–Crippen LogP) is 20.8. The Morgan fingerprint density at radius 3 is 0.835 bits per heavy atom. The fourth-order valence-electron chi connectivity index (χ4n) is 10.9. The first-order valence-electron chi connectivity index (χ1n) is 37.5. The van der Waals surface area contributed by atoms with E-state index in [0.29, 0.717) is 25.7 Å². The molecular weight excluding hydrogens is 1200 g/mol. The number of unbranched alkanes of at least 4 members (excludes halogenated alkanes) is 40. The fraction of sp³-hybridized carbons (Fsp3) is 0.944. The Balaban J connectivity index is 5.16. The highest BCUT2D eigenvalue weighted by Crippen LogP contribution is 2.45. The average Bonchev–Trinajstić information content (AvgIpc) is 3.60. The molecule has 3 unspecified atom stereocenters. The third kappa shape index (κ3) is 65.1. The van der Waals surface area contributed by atoms with Crippen molar-refractivity contribution in [3.05, 3.63) is 0 Å². The second kappa shape index (κ2) is 64.1. The molecule has 0 saturated heterocycles. The van der Waals surface area contributed by atoms with E-state index in [4.69, 9.17) is 37.0 Å². The molecule has 0 aromatic carbocycles. The van der Waals surface area contributed by atoms with E-state index in [1.165, 1.54) is 186 Å². The van der Waals surface area contributed by atoms with E-state index in [1.807, 2.05) is 0 Å². The molecule has 0 radical (unpaired) electrons. The maximum Gasteiger partial charge on any atom is 0.472 e. The minimum absolute atomic E-state index is 0.103. The highest BCUT2D eigenvalue weighted by molar-refractivity contribution is 7.47. The van der Waals surface area contributed by atoms with Crippen molar-refractivity contribution in [2.45, 2.75) is 387 Å². The molecule has 0 aliphatic carbocycles. The number of phosphoric ester groups is 2. The second-order valence-corrected chi connectivity index (χ2v) is 29.6. The number of hydrogen-bond donors (Lipinski definition) is 3. The third-order valence-electron chi connectivity index (χ3n) is 17.1. The van der Waals surface area contributed by atoms with Crippen LogP contribution in [0.1, 0.15) is 369 Å². The average molecular weight is 1340 g/mol. The van der Waals surface area contributed by atoms with Crippen molar-refractivity contribution in [1.29, 1.82) is 0 Å². The van der Waals surface area contributed by atoms with Crippen LogP contribution in [0.2, 0.25) is 0 Å². The molecule has 91 heavy (non-hydrogen) atoms. The number of carbonyl (C=O) groups excluding carboxylic acids is 4. The van der Waals surface area contributed by atoms with Crippen LogP contribution in [0.15, 0.2) is 0 Å². The molecule has 0 aromatic heterocycles. The lowest BCUT2D eigenvalue weighted by Gasteiger charge is -2.21. The number of ether oxygens (including phenoxy) is 4. The zero-order chi connectivity index (χ0) is 67.2. The van der Waals surface area contributed by atoms with Gasteiger partial charge < -0.3 is 33.8 Å². The standard InChI is InChI=1S/C72H140O17P2/c1-7-10-12-14-16-18-19-20-21-22-23-24-25-26-27-28-29-31-37-44-50-56-71(76)88-67(60-83-70(75)55-49-43-36-33-32-34-40-46-52-64(4)5)62-86-90(78,79)84-58-66(73)59-85-91(80,81)87-63-68(61-82-69(74)54-48-42-35-30-17-15-13-11-8-2)89-72(77)57-51-45-39-38-41-47-53-65(6)9-3/h64-68,73H,7-63H2,1-6H3,(H,78,79)(H,80,81)/t65?,66-,67-,68-/m1/s1. The normalized spacial score (nSPS) is 14.4. The molecule has 3 N–H and O–H groups in total. The van der Waals surface area contributed by atoms with E-state index in [1.54, 1.807) is 0 Å². The fourth-order valence-corrected chi connectivity index (χ4v) is 12.5. The first-order valence-corrected chi connectivity index (χ1v) is 40.5. The van der Waals surface area contributed by atoms with E-state index >= 15 is 0 Å². The zero-order valence-corrected chi connectivity index (χ0v) is 60.9. The summed E-state index contributed by atoms with van der Waals surface area (Å²) in [6.45, 7) is 9.46. The smallest absolute Gasteiger partial charge is 0.462 e. The molecule has 0 amide bonds. The maximum atomic E-state index is 13.0. The molecular formula is C72H140O17P2. The Hall–Kier alpha value is -1.94. The summed E-state index contributed by atoms with van der Waals surface area (Å²) in [5.74, 6) is -0.681. The molecule has 0 spiro atoms. The molecule has 0 bridgehead atoms. The Labute approximate surface area is 556 Å². The molecule has 0 aliphatic heterocycles. The maximum absolute atomic E-state index is 13.0. The number of phosphoric acid groups is 2. The highest BCUT2D eigenvalue weighted by atomic mass is 31.2. The van der Waals surface area contributed by atoms with E-state index in [0.717, 1.165) is 102 Å². The van der Waals surface area contributed by atoms with Crippen LogP contribution in [0.25, 0.3) is 0 Å². The van der Waals surface area contributed by atoms with Crippen molar-refractivity contribution in [3.63, 3.8) is 0 Å². The quantitative estimate of drug-likeness (QED) is 0.0222. The third-order valence-corrected chi connectivity index (χ3v) is 19.0. The summed E-state index contributed by atoms with van der Waals surface area (Å²) < 4.78 is 68.3. The number of hydrogen-bond acceptors (Lipinski definition) is 15. The molecule has 0 heterocycles. The predicted molar refractivity (Wildman–Crippen MR) is 368 cm³/mol. The second-order valence-electron chi connectivity index (χ2n) is 26.7. The monoisotopic (exact) mass is 1340 g/mol. The minimum Gasteiger partial charge on any atom is -0.462 e. The SMILES string of the molecule is CCCCCCCCCCCCCCCCCCCCCCCC(=O)O[C@H](COC(=O)CCCCCCCCCCC(C)C)COP(=O)(O)OC[C@@H](O)COP(=O)(O)OC[C@@H](COC(=O)CCCCCCCCCCC)OC(=O)CCCCCCCCC(C)CC. The summed E-state index contributed by atoms with van der Waals surface area (Å²) >= 11 is 0. The van der Waals surface area contributed by atoms with Crippen LogP contribution in [0.4, 0.5) is 0 Å². The molecule has 0 aromatic rings. The molecule has 0 aliphatic rings. The molecule has 0 fully saturated rings. The largest absolute Gasteiger partial charge is 0.472 e. The molecule has 0 rings (SSSR count). The van der Waals surface area contributed by atoms with Crippen LogP contribution in [-0.4, -0.2) is 96.7 Å². The molecule has 540 valence electrons. The number of esters is 4. The van der Waals surface area contributed by atoms with Gasteiger partial charge in [0.1, 0.15) is 19.3 Å². The van der Waals surface area contributed by atoms with Crippen LogP contribution < -0.4 is 0 Å². The van der Waals surface area contributed by atoms with E-state index < -0.39 is 97.5 Å². The van der Waals surface area contributed by atoms with Gasteiger partial charge in [0, 0.05) is 25.7 Å². The van der Waals surface area contributed by atoms with Crippen LogP contribution in [-0.2, 0) is 65.4 Å². The van der Waals surface area contributed by atoms with Crippen molar-refractivity contribution < 1.29 is 80.2 Å². The number of aliphatic hydroxyl groups is 1. The topological polar surface area (TPSA) is 237 Å². The van der Waals surface area contributed by atoms with Crippen LogP contribution in [0.3, 0.4) is 0 Å². The zero-order valence-electron chi connectivity index (χ0n) is 59.1. The Morgan fingerprint density at radius 1 is 0.319 bits per heavy atom. The van der Waals surface area contributed by atoms with Gasteiger partial charge in [-0.3, -0.25) is 37.3 Å². The number of carbonyl (C=O) groups is 4. The summed E-state index contributed by atoms with van der Waals surface area (Å²) in [4.78, 5) is 72.5. The summed E-state index contributed by atoms with van der Waals surface area (Å²) in [6.07, 6.45) is 50.3. The van der Waals surface area contributed by atoms with Gasteiger partial charge in [-0.25, -0.2) is 9.13 Å². The van der Waals surface area contributed by atoms with Crippen molar-refractivity contribution in [3.8, 4) is 0 Å². The highest BCUT2D eigenvalue weighted by Gasteiger charge is 2.30. The van der Waals surface area contributed by atoms with Crippen LogP contribution >= 0.6 is 15.6 Å². The molecule has 6 atom stereocenters. The van der Waals surface area contributed by atoms with Gasteiger partial charge in [-0.05, 0) is 37.5 Å². The first-order chi connectivity index (χ1) is 43.9. The van der Waals surface area contributed by atoms with Crippen molar-refractivity contribution in [1.82, 2.24) is 0 Å². The number of rotatable bonds is 71. The van der Waals surface area contributed by atoms with E-state index in [-0.39, 0.29) is 25.7 Å². The Morgan fingerprint density at radius 2 is 0.560 bits per heavy atom. The first kappa shape index (κ1) is 89.1. The molecule has 17 nitrogen and oxygen atoms in total.